The summed E-state index contributed by atoms with van der Waals surface area (Å²) in [5, 5.41) is 0. The highest BCUT2D eigenvalue weighted by Gasteiger charge is 2.50. The van der Waals surface area contributed by atoms with Crippen LogP contribution in [0.25, 0.3) is 0 Å². The van der Waals surface area contributed by atoms with E-state index in [1.54, 1.807) is 0 Å². The SMILES string of the molecule is c1ccc(C[Si]2(Cc3ccccc3)O[SiH2]O[SiH2]O[Si](Cc3ccccc3)(Cc3ccccc3)O2)cc1. The van der Waals surface area contributed by atoms with Crippen molar-refractivity contribution in [1.29, 1.82) is 0 Å². The van der Waals surface area contributed by atoms with Crippen LogP contribution in [0.4, 0.5) is 0 Å². The van der Waals surface area contributed by atoms with Crippen molar-refractivity contribution >= 4 is 37.1 Å². The lowest BCUT2D eigenvalue weighted by atomic mass is 10.2. The van der Waals surface area contributed by atoms with Crippen molar-refractivity contribution in [1.82, 2.24) is 0 Å². The summed E-state index contributed by atoms with van der Waals surface area (Å²) in [5.41, 5.74) is 4.98. The molecule has 4 aromatic rings. The lowest BCUT2D eigenvalue weighted by Crippen LogP contribution is -2.63. The van der Waals surface area contributed by atoms with Gasteiger partial charge < -0.3 is 16.5 Å². The Kier molecular flexibility index (Phi) is 8.57. The maximum absolute atomic E-state index is 7.51. The average Bonchev–Trinajstić information content (AvgIpc) is 2.90. The van der Waals surface area contributed by atoms with Gasteiger partial charge in [-0.1, -0.05) is 121 Å². The molecule has 0 spiro atoms. The monoisotopic (exact) mass is 544 g/mol. The van der Waals surface area contributed by atoms with E-state index < -0.39 is 37.1 Å². The molecule has 8 heteroatoms. The highest BCUT2D eigenvalue weighted by atomic mass is 28.5. The zero-order valence-corrected chi connectivity index (χ0v) is 25.3. The number of benzene rings is 4. The Balaban J connectivity index is 1.57. The maximum Gasteiger partial charge on any atom is 0.329 e. The van der Waals surface area contributed by atoms with Crippen LogP contribution in [0.3, 0.4) is 0 Å². The first-order chi connectivity index (χ1) is 17.7. The van der Waals surface area contributed by atoms with Crippen LogP contribution < -0.4 is 0 Å². The van der Waals surface area contributed by atoms with Crippen molar-refractivity contribution < 1.29 is 16.5 Å². The second-order valence-corrected chi connectivity index (χ2v) is 19.6. The van der Waals surface area contributed by atoms with Gasteiger partial charge in [0.2, 0.25) is 0 Å². The first kappa shape index (κ1) is 25.2. The number of hydrogen-bond acceptors (Lipinski definition) is 4. The van der Waals surface area contributed by atoms with Gasteiger partial charge in [0.15, 0.2) is 0 Å². The number of rotatable bonds is 8. The topological polar surface area (TPSA) is 36.9 Å². The molecule has 0 aliphatic carbocycles. The smallest absolute Gasteiger partial charge is 0.329 e. The van der Waals surface area contributed by atoms with E-state index in [4.69, 9.17) is 16.5 Å². The minimum absolute atomic E-state index is 0.780. The lowest BCUT2D eigenvalue weighted by molar-refractivity contribution is 0.262. The predicted molar refractivity (Wildman–Crippen MR) is 154 cm³/mol. The molecule has 0 aromatic heterocycles. The van der Waals surface area contributed by atoms with Crippen LogP contribution in [0, 0.1) is 0 Å². The molecule has 184 valence electrons. The molecule has 0 amide bonds. The van der Waals surface area contributed by atoms with Gasteiger partial charge in [0.05, 0.1) is 0 Å². The molecule has 0 saturated carbocycles. The molecule has 4 aromatic carbocycles. The van der Waals surface area contributed by atoms with Crippen LogP contribution in [0.5, 0.6) is 0 Å². The minimum Gasteiger partial charge on any atom is -0.425 e. The molecule has 0 N–H and O–H groups in total. The molecule has 0 atom stereocenters. The fourth-order valence-electron chi connectivity index (χ4n) is 4.83. The van der Waals surface area contributed by atoms with Gasteiger partial charge >= 0.3 is 17.1 Å². The molecule has 1 heterocycles. The Bertz CT molecular complexity index is 1020. The summed E-state index contributed by atoms with van der Waals surface area (Å²) < 4.78 is 27.3. The van der Waals surface area contributed by atoms with Crippen LogP contribution in [0.1, 0.15) is 22.3 Å². The Morgan fingerprint density at radius 1 is 0.417 bits per heavy atom. The summed E-state index contributed by atoms with van der Waals surface area (Å²) in [7, 11) is -7.95. The summed E-state index contributed by atoms with van der Waals surface area (Å²) in [6.07, 6.45) is 0. The van der Waals surface area contributed by atoms with E-state index >= 15 is 0 Å². The normalized spacial score (nSPS) is 18.4. The molecule has 4 nitrogen and oxygen atoms in total. The summed E-state index contributed by atoms with van der Waals surface area (Å²) in [5.74, 6) is 0. The van der Waals surface area contributed by atoms with E-state index in [1.165, 1.54) is 22.3 Å². The lowest BCUT2D eigenvalue weighted by Gasteiger charge is -2.43. The molecule has 1 aliphatic rings. The van der Waals surface area contributed by atoms with Crippen LogP contribution in [0.2, 0.25) is 0 Å². The highest BCUT2D eigenvalue weighted by Crippen LogP contribution is 2.30. The summed E-state index contributed by atoms with van der Waals surface area (Å²) >= 11 is 0. The molecular formula is C28H32O4Si4. The van der Waals surface area contributed by atoms with Gasteiger partial charge in [0.1, 0.15) is 0 Å². The predicted octanol–water partition coefficient (Wildman–Crippen LogP) is 4.08. The first-order valence-corrected chi connectivity index (χ1v) is 19.2. The van der Waals surface area contributed by atoms with Crippen molar-refractivity contribution in [3.63, 3.8) is 0 Å². The zero-order chi connectivity index (χ0) is 24.5. The van der Waals surface area contributed by atoms with Gasteiger partial charge in [0, 0.05) is 24.2 Å². The summed E-state index contributed by atoms with van der Waals surface area (Å²) in [4.78, 5) is 0. The molecule has 0 radical (unpaired) electrons. The van der Waals surface area contributed by atoms with Crippen molar-refractivity contribution in [3.05, 3.63) is 144 Å². The van der Waals surface area contributed by atoms with Gasteiger partial charge in [-0.3, -0.25) is 0 Å². The van der Waals surface area contributed by atoms with E-state index in [2.05, 4.69) is 121 Å². The van der Waals surface area contributed by atoms with E-state index in [0.29, 0.717) is 0 Å². The highest BCUT2D eigenvalue weighted by molar-refractivity contribution is 6.84. The third kappa shape index (κ3) is 6.87. The fourth-order valence-corrected chi connectivity index (χ4v) is 19.7. The quantitative estimate of drug-likeness (QED) is 0.313. The van der Waals surface area contributed by atoms with Gasteiger partial charge in [-0.15, -0.1) is 0 Å². The van der Waals surface area contributed by atoms with Crippen molar-refractivity contribution in [2.45, 2.75) is 24.2 Å². The third-order valence-corrected chi connectivity index (χ3v) is 19.7. The molecule has 0 bridgehead atoms. The van der Waals surface area contributed by atoms with Crippen molar-refractivity contribution in [3.8, 4) is 0 Å². The second kappa shape index (κ2) is 12.2. The Hall–Kier alpha value is -2.41. The largest absolute Gasteiger partial charge is 0.425 e. The van der Waals surface area contributed by atoms with Gasteiger partial charge in [-0.2, -0.15) is 0 Å². The van der Waals surface area contributed by atoms with Crippen molar-refractivity contribution in [2.24, 2.45) is 0 Å². The van der Waals surface area contributed by atoms with Crippen LogP contribution in [0.15, 0.2) is 121 Å². The first-order valence-electron chi connectivity index (χ1n) is 12.4. The van der Waals surface area contributed by atoms with Crippen LogP contribution in [-0.4, -0.2) is 37.1 Å². The molecule has 5 rings (SSSR count). The average molecular weight is 545 g/mol. The minimum atomic E-state index is -2.79. The van der Waals surface area contributed by atoms with Crippen LogP contribution >= 0.6 is 0 Å². The van der Waals surface area contributed by atoms with E-state index in [0.717, 1.165) is 24.2 Å². The number of hydrogen-bond donors (Lipinski definition) is 0. The molecule has 1 aliphatic heterocycles. The Morgan fingerprint density at radius 2 is 0.694 bits per heavy atom. The molecule has 1 fully saturated rings. The Labute approximate surface area is 220 Å². The van der Waals surface area contributed by atoms with Crippen molar-refractivity contribution in [2.75, 3.05) is 0 Å². The zero-order valence-electron chi connectivity index (χ0n) is 20.4. The maximum atomic E-state index is 7.51. The third-order valence-electron chi connectivity index (χ3n) is 6.45. The second-order valence-electron chi connectivity index (χ2n) is 9.30. The standard InChI is InChI=1S/C28H32O4Si4/c1-5-13-25(14-6-1)21-35(22-26-15-7-2-8-16-26)30-33-29-34-31-36(32-35,23-27-17-9-3-10-18-27)24-28-19-11-4-12-20-28/h1-20H,21-24,33-34H2. The van der Waals surface area contributed by atoms with E-state index in [1.807, 2.05) is 0 Å². The molecular weight excluding hydrogens is 513 g/mol. The molecule has 0 unspecified atom stereocenters. The van der Waals surface area contributed by atoms with Gasteiger partial charge in [0.25, 0.3) is 20.0 Å². The summed E-state index contributed by atoms with van der Waals surface area (Å²) in [6.45, 7) is 0. The van der Waals surface area contributed by atoms with Crippen LogP contribution in [-0.2, 0) is 40.6 Å². The summed E-state index contributed by atoms with van der Waals surface area (Å²) in [6, 6.07) is 45.6. The molecule has 36 heavy (non-hydrogen) atoms. The Morgan fingerprint density at radius 3 is 0.972 bits per heavy atom. The van der Waals surface area contributed by atoms with Gasteiger partial charge in [-0.25, -0.2) is 0 Å². The van der Waals surface area contributed by atoms with E-state index in [9.17, 15) is 0 Å². The fraction of sp³-hybridized carbons (Fsp3) is 0.143. The molecule has 1 saturated heterocycles. The van der Waals surface area contributed by atoms with E-state index in [-0.39, 0.29) is 0 Å². The van der Waals surface area contributed by atoms with Gasteiger partial charge in [-0.05, 0) is 22.3 Å².